The van der Waals surface area contributed by atoms with Crippen molar-refractivity contribution in [3.8, 4) is 0 Å². The van der Waals surface area contributed by atoms with Gasteiger partial charge in [0.15, 0.2) is 0 Å². The van der Waals surface area contributed by atoms with E-state index in [-0.39, 0.29) is 36.0 Å². The van der Waals surface area contributed by atoms with Gasteiger partial charge in [0.05, 0.1) is 27.3 Å². The third kappa shape index (κ3) is 13.9. The first-order chi connectivity index (χ1) is 21.0. The van der Waals surface area contributed by atoms with E-state index in [0.717, 1.165) is 28.5 Å². The van der Waals surface area contributed by atoms with Crippen molar-refractivity contribution < 1.29 is 31.6 Å². The number of sulfonamides is 2. The van der Waals surface area contributed by atoms with Crippen LogP contribution in [0, 0.1) is 30.3 Å². The van der Waals surface area contributed by atoms with Crippen LogP contribution < -0.4 is 10.5 Å². The highest BCUT2D eigenvalue weighted by molar-refractivity contribution is 7.88. The largest absolute Gasteiger partial charge is 0.330 e. The molecule has 1 aliphatic rings. The average molecular weight is 703 g/mol. The molecular weight excluding hydrogens is 668 g/mol. The zero-order chi connectivity index (χ0) is 33.8. The fourth-order valence-corrected chi connectivity index (χ4v) is 5.38. The highest BCUT2D eigenvalue weighted by atomic mass is 35.5. The number of nitrogens with zero attached hydrogens (tertiary/aromatic N) is 4. The van der Waals surface area contributed by atoms with Crippen LogP contribution in [0.2, 0.25) is 0 Å². The molecule has 0 unspecified atom stereocenters. The van der Waals surface area contributed by atoms with Gasteiger partial charge in [0.2, 0.25) is 20.0 Å². The minimum Gasteiger partial charge on any atom is -0.330 e. The number of halogens is 1. The van der Waals surface area contributed by atoms with Gasteiger partial charge in [0, 0.05) is 56.0 Å². The number of nitro groups is 3. The van der Waals surface area contributed by atoms with Gasteiger partial charge < -0.3 is 5.73 Å². The van der Waals surface area contributed by atoms with Gasteiger partial charge in [0.25, 0.3) is 17.1 Å². The first kappa shape index (κ1) is 40.0. The van der Waals surface area contributed by atoms with Gasteiger partial charge in [-0.2, -0.15) is 4.31 Å². The predicted molar refractivity (Wildman–Crippen MR) is 175 cm³/mol. The van der Waals surface area contributed by atoms with Crippen LogP contribution in [-0.2, 0) is 45.9 Å². The van der Waals surface area contributed by atoms with Crippen molar-refractivity contribution in [1.29, 1.82) is 0 Å². The van der Waals surface area contributed by atoms with Gasteiger partial charge in [0.1, 0.15) is 0 Å². The molecule has 252 valence electrons. The van der Waals surface area contributed by atoms with Crippen LogP contribution >= 0.6 is 12.4 Å². The molecule has 0 aromatic heterocycles. The fraction of sp³-hybridized carbons (Fsp3) is 0.333. The van der Waals surface area contributed by atoms with E-state index in [1.165, 1.54) is 40.9 Å². The van der Waals surface area contributed by atoms with Gasteiger partial charge in [-0.05, 0) is 48.1 Å². The molecule has 3 N–H and O–H groups in total. The maximum absolute atomic E-state index is 11.4. The molecule has 0 saturated carbocycles. The number of non-ortho nitro benzene ring substituents is 3. The van der Waals surface area contributed by atoms with Crippen molar-refractivity contribution in [1.82, 2.24) is 9.03 Å². The number of hydrogen-bond donors (Lipinski definition) is 2. The maximum Gasteiger partial charge on any atom is 0.269 e. The lowest BCUT2D eigenvalue weighted by atomic mass is 10.0. The van der Waals surface area contributed by atoms with E-state index in [9.17, 15) is 47.2 Å². The fourth-order valence-electron chi connectivity index (χ4n) is 4.11. The summed E-state index contributed by atoms with van der Waals surface area (Å²) in [6, 6.07) is 17.2. The summed E-state index contributed by atoms with van der Waals surface area (Å²) in [5, 5.41) is 31.4. The van der Waals surface area contributed by atoms with E-state index < -0.39 is 34.8 Å². The summed E-state index contributed by atoms with van der Waals surface area (Å²) >= 11 is 0. The van der Waals surface area contributed by atoms with Crippen molar-refractivity contribution in [2.75, 3.05) is 32.1 Å². The summed E-state index contributed by atoms with van der Waals surface area (Å²) in [5.74, 6) is 0. The predicted octanol–water partition coefficient (Wildman–Crippen LogP) is 3.12. The minimum absolute atomic E-state index is 0. The van der Waals surface area contributed by atoms with Gasteiger partial charge in [-0.15, -0.1) is 12.4 Å². The van der Waals surface area contributed by atoms with E-state index in [4.69, 9.17) is 5.73 Å². The number of hydrogen-bond acceptors (Lipinski definition) is 11. The smallest absolute Gasteiger partial charge is 0.269 e. The van der Waals surface area contributed by atoms with Crippen molar-refractivity contribution in [2.24, 2.45) is 5.73 Å². The van der Waals surface area contributed by atoms with Crippen molar-refractivity contribution >= 4 is 49.5 Å². The monoisotopic (exact) mass is 702 g/mol. The molecule has 1 heterocycles. The Labute approximate surface area is 272 Å². The summed E-state index contributed by atoms with van der Waals surface area (Å²) in [6.07, 6.45) is 3.87. The first-order valence-electron chi connectivity index (χ1n) is 13.3. The van der Waals surface area contributed by atoms with Crippen LogP contribution in [0.1, 0.15) is 22.3 Å². The van der Waals surface area contributed by atoms with E-state index in [2.05, 4.69) is 4.72 Å². The standard InChI is InChI=1S/C10H12N2O4S.C9H12N2O4S.C8H10N2O2.ClH/c1-17(15,16)11-5-4-8-6-10(12(13)14)3-2-9(8)7-11;1-16(14,15)10-6-5-8-3-2-4-9(7-8)11(12)13;9-5-4-7-2-1-3-8(6-7)10(11)12;/h2-3,6H,4-5,7H2,1H3;2-4,7,10H,5-6H2,1H3;1-3,6H,4-5,9H2;1H. The molecule has 0 saturated heterocycles. The number of nitrogens with one attached hydrogen (secondary N) is 1. The van der Waals surface area contributed by atoms with E-state index >= 15 is 0 Å². The van der Waals surface area contributed by atoms with Crippen LogP contribution in [0.5, 0.6) is 0 Å². The quantitative estimate of drug-likeness (QED) is 0.230. The van der Waals surface area contributed by atoms with Gasteiger partial charge in [-0.25, -0.2) is 21.6 Å². The maximum atomic E-state index is 11.4. The Kier molecular flexibility index (Phi) is 15.8. The Balaban J connectivity index is 0.000000347. The Morgan fingerprint density at radius 2 is 1.26 bits per heavy atom. The molecule has 0 bridgehead atoms. The molecule has 0 spiro atoms. The van der Waals surface area contributed by atoms with E-state index in [1.54, 1.807) is 30.3 Å². The number of nitro benzene ring substituents is 3. The lowest BCUT2D eigenvalue weighted by molar-refractivity contribution is -0.385. The van der Waals surface area contributed by atoms with Crippen molar-refractivity contribution in [3.63, 3.8) is 0 Å². The molecule has 3 aromatic carbocycles. The summed E-state index contributed by atoms with van der Waals surface area (Å²) in [5.41, 5.74) is 8.84. The summed E-state index contributed by atoms with van der Waals surface area (Å²) < 4.78 is 48.0. The molecule has 0 aliphatic carbocycles. The number of rotatable bonds is 10. The van der Waals surface area contributed by atoms with Crippen LogP contribution in [-0.4, -0.2) is 68.1 Å². The third-order valence-corrected chi connectivity index (χ3v) is 8.28. The van der Waals surface area contributed by atoms with Gasteiger partial charge in [-0.1, -0.05) is 30.3 Å². The summed E-state index contributed by atoms with van der Waals surface area (Å²) in [4.78, 5) is 30.1. The normalized spacial score (nSPS) is 12.6. The Morgan fingerprint density at radius 1 is 0.761 bits per heavy atom. The van der Waals surface area contributed by atoms with Crippen LogP contribution in [0.4, 0.5) is 17.1 Å². The van der Waals surface area contributed by atoms with Crippen molar-refractivity contribution in [3.05, 3.63) is 119 Å². The van der Waals surface area contributed by atoms with Crippen molar-refractivity contribution in [2.45, 2.75) is 25.8 Å². The molecule has 0 atom stereocenters. The van der Waals surface area contributed by atoms with Crippen LogP contribution in [0.3, 0.4) is 0 Å². The SMILES string of the molecule is CS(=O)(=O)N1CCc2cc([N+](=O)[O-])ccc2C1.CS(=O)(=O)NCCc1cccc([N+](=O)[O-])c1.Cl.NCCc1cccc([N+](=O)[O-])c1. The van der Waals surface area contributed by atoms with Crippen LogP contribution in [0.15, 0.2) is 66.7 Å². The zero-order valence-corrected chi connectivity index (χ0v) is 27.4. The molecule has 16 nitrogen and oxygen atoms in total. The Bertz CT molecular complexity index is 1740. The number of benzene rings is 3. The summed E-state index contributed by atoms with van der Waals surface area (Å²) in [6.45, 7) is 1.43. The van der Waals surface area contributed by atoms with E-state index in [1.807, 2.05) is 6.07 Å². The Morgan fingerprint density at radius 3 is 1.72 bits per heavy atom. The lowest BCUT2D eigenvalue weighted by Crippen LogP contribution is -2.35. The van der Waals surface area contributed by atoms with Gasteiger partial charge in [-0.3, -0.25) is 30.3 Å². The highest BCUT2D eigenvalue weighted by Crippen LogP contribution is 2.24. The number of fused-ring (bicyclic) bond motifs is 1. The second-order valence-electron chi connectivity index (χ2n) is 9.87. The zero-order valence-electron chi connectivity index (χ0n) is 25.0. The molecular formula is C27H35ClN6O10S2. The highest BCUT2D eigenvalue weighted by Gasteiger charge is 2.24. The second kappa shape index (κ2) is 18.2. The molecule has 19 heteroatoms. The molecule has 0 radical (unpaired) electrons. The molecule has 4 rings (SSSR count). The molecule has 46 heavy (non-hydrogen) atoms. The molecule has 0 fully saturated rings. The summed E-state index contributed by atoms with van der Waals surface area (Å²) in [7, 11) is -6.40. The topological polar surface area (TPSA) is 239 Å². The first-order valence-corrected chi connectivity index (χ1v) is 17.1. The molecule has 3 aromatic rings. The number of nitrogens with two attached hydrogens (primary N) is 1. The molecule has 1 aliphatic heterocycles. The average Bonchev–Trinajstić information content (AvgIpc) is 2.96. The molecule has 0 amide bonds. The third-order valence-electron chi connectivity index (χ3n) is 6.30. The van der Waals surface area contributed by atoms with E-state index in [0.29, 0.717) is 38.9 Å². The Hall–Kier alpha value is -4.07. The van der Waals surface area contributed by atoms with Gasteiger partial charge >= 0.3 is 0 Å². The lowest BCUT2D eigenvalue weighted by Gasteiger charge is -2.26. The van der Waals surface area contributed by atoms with Crippen LogP contribution in [0.25, 0.3) is 0 Å². The minimum atomic E-state index is -3.20. The second-order valence-corrected chi connectivity index (χ2v) is 13.7.